The Morgan fingerprint density at radius 2 is 1.93 bits per heavy atom. The molecule has 6 nitrogen and oxygen atoms in total. The Morgan fingerprint density at radius 3 is 2.56 bits per heavy atom. The lowest BCUT2D eigenvalue weighted by Crippen LogP contribution is -2.48. The molecule has 3 unspecified atom stereocenters. The van der Waals surface area contributed by atoms with Crippen molar-refractivity contribution in [1.29, 1.82) is 0 Å². The van der Waals surface area contributed by atoms with E-state index in [0.29, 0.717) is 17.9 Å². The highest BCUT2D eigenvalue weighted by Crippen LogP contribution is 2.32. The predicted molar refractivity (Wildman–Crippen MR) is 98.2 cm³/mol. The van der Waals surface area contributed by atoms with E-state index in [1.54, 1.807) is 6.92 Å². The minimum Gasteiger partial charge on any atom is -0.352 e. The molecule has 1 heterocycles. The normalized spacial score (nSPS) is 28.2. The van der Waals surface area contributed by atoms with Gasteiger partial charge in [-0.25, -0.2) is 9.18 Å². The molecule has 0 aromatic heterocycles. The first-order valence-electron chi connectivity index (χ1n) is 9.57. The molecule has 2 fully saturated rings. The Bertz CT molecular complexity index is 736. The van der Waals surface area contributed by atoms with Crippen LogP contribution in [-0.4, -0.2) is 35.3 Å². The number of imide groups is 1. The maximum absolute atomic E-state index is 13.2. The number of halogens is 1. The molecule has 1 saturated heterocycles. The number of nitrogens with zero attached hydrogens (tertiary/aromatic N) is 1. The molecule has 3 rings (SSSR count). The lowest BCUT2D eigenvalue weighted by Gasteiger charge is -2.30. The van der Waals surface area contributed by atoms with Crippen molar-refractivity contribution in [3.8, 4) is 0 Å². The maximum atomic E-state index is 13.2. The number of carbonyl (C=O) groups is 3. The van der Waals surface area contributed by atoms with Gasteiger partial charge in [0.2, 0.25) is 5.91 Å². The summed E-state index contributed by atoms with van der Waals surface area (Å²) >= 11 is 0. The van der Waals surface area contributed by atoms with E-state index in [1.807, 2.05) is 0 Å². The summed E-state index contributed by atoms with van der Waals surface area (Å²) in [4.78, 5) is 38.9. The molecule has 4 amide bonds. The monoisotopic (exact) mass is 375 g/mol. The molecule has 1 saturated carbocycles. The molecule has 0 bridgehead atoms. The molecule has 146 valence electrons. The number of hydrogen-bond acceptors (Lipinski definition) is 3. The zero-order valence-corrected chi connectivity index (χ0v) is 15.8. The van der Waals surface area contributed by atoms with Gasteiger partial charge < -0.3 is 10.6 Å². The fourth-order valence-corrected chi connectivity index (χ4v) is 4.07. The van der Waals surface area contributed by atoms with Gasteiger partial charge in [-0.15, -0.1) is 0 Å². The van der Waals surface area contributed by atoms with Gasteiger partial charge >= 0.3 is 6.03 Å². The summed E-state index contributed by atoms with van der Waals surface area (Å²) in [6.07, 6.45) is 4.53. The minimum absolute atomic E-state index is 0.0834. The third-order valence-corrected chi connectivity index (χ3v) is 5.80. The zero-order valence-electron chi connectivity index (χ0n) is 15.8. The Balaban J connectivity index is 1.73. The summed E-state index contributed by atoms with van der Waals surface area (Å²) in [5.74, 6) is -0.837. The smallest absolute Gasteiger partial charge is 0.325 e. The van der Waals surface area contributed by atoms with Crippen LogP contribution < -0.4 is 10.6 Å². The Kier molecular flexibility index (Phi) is 5.48. The third-order valence-electron chi connectivity index (χ3n) is 5.80. The fraction of sp³-hybridized carbons (Fsp3) is 0.550. The lowest BCUT2D eigenvalue weighted by molar-refractivity contribution is -0.135. The minimum atomic E-state index is -1.26. The largest absolute Gasteiger partial charge is 0.352 e. The fourth-order valence-electron chi connectivity index (χ4n) is 4.07. The van der Waals surface area contributed by atoms with Crippen molar-refractivity contribution < 1.29 is 18.8 Å². The molecule has 2 N–H and O–H groups in total. The lowest BCUT2D eigenvalue weighted by atomic mass is 9.86. The molecule has 7 heteroatoms. The summed E-state index contributed by atoms with van der Waals surface area (Å²) in [6, 6.07) is 4.98. The van der Waals surface area contributed by atoms with Gasteiger partial charge in [0, 0.05) is 6.04 Å². The molecule has 0 spiro atoms. The molecular weight excluding hydrogens is 349 g/mol. The van der Waals surface area contributed by atoms with Crippen molar-refractivity contribution >= 4 is 17.8 Å². The number of urea groups is 1. The van der Waals surface area contributed by atoms with Gasteiger partial charge in [0.1, 0.15) is 17.9 Å². The standard InChI is InChI=1S/C20H26FN3O3/c1-3-20(14-8-10-15(21)11-9-14)18(26)24(19(27)23-20)12-17(25)22-16-7-5-4-6-13(16)2/h8-11,13,16H,3-7,12H2,1-2H3,(H,22,25)(H,23,27). The molecule has 27 heavy (non-hydrogen) atoms. The van der Waals surface area contributed by atoms with Gasteiger partial charge in [0.05, 0.1) is 0 Å². The van der Waals surface area contributed by atoms with Gasteiger partial charge in [-0.1, -0.05) is 38.8 Å². The Labute approximate surface area is 158 Å². The second-order valence-corrected chi connectivity index (χ2v) is 7.52. The third kappa shape index (κ3) is 3.68. The van der Waals surface area contributed by atoms with Gasteiger partial charge in [-0.2, -0.15) is 0 Å². The predicted octanol–water partition coefficient (Wildman–Crippen LogP) is 2.68. The van der Waals surface area contributed by atoms with Crippen LogP contribution in [0.5, 0.6) is 0 Å². The number of nitrogens with one attached hydrogen (secondary N) is 2. The quantitative estimate of drug-likeness (QED) is 0.777. The van der Waals surface area contributed by atoms with E-state index in [2.05, 4.69) is 17.6 Å². The Hall–Kier alpha value is -2.44. The number of hydrogen-bond donors (Lipinski definition) is 2. The van der Waals surface area contributed by atoms with Crippen LogP contribution in [0.15, 0.2) is 24.3 Å². The summed E-state index contributed by atoms with van der Waals surface area (Å²) in [5.41, 5.74) is -0.753. The van der Waals surface area contributed by atoms with E-state index < -0.39 is 23.3 Å². The molecule has 1 aliphatic heterocycles. The highest BCUT2D eigenvalue weighted by molar-refractivity contribution is 6.09. The van der Waals surface area contributed by atoms with Crippen molar-refractivity contribution in [3.63, 3.8) is 0 Å². The Morgan fingerprint density at radius 1 is 1.26 bits per heavy atom. The topological polar surface area (TPSA) is 78.5 Å². The van der Waals surface area contributed by atoms with Gasteiger partial charge in [-0.05, 0) is 42.9 Å². The first-order valence-corrected chi connectivity index (χ1v) is 9.57. The van der Waals surface area contributed by atoms with Gasteiger partial charge in [-0.3, -0.25) is 14.5 Å². The second kappa shape index (κ2) is 7.66. The summed E-state index contributed by atoms with van der Waals surface area (Å²) in [5, 5.41) is 5.67. The van der Waals surface area contributed by atoms with E-state index in [0.717, 1.165) is 30.6 Å². The van der Waals surface area contributed by atoms with E-state index in [4.69, 9.17) is 0 Å². The van der Waals surface area contributed by atoms with Crippen molar-refractivity contribution in [2.75, 3.05) is 6.54 Å². The summed E-state index contributed by atoms with van der Waals surface area (Å²) in [6.45, 7) is 3.57. The van der Waals surface area contributed by atoms with Crippen LogP contribution in [0, 0.1) is 11.7 Å². The molecule has 3 atom stereocenters. The van der Waals surface area contributed by atoms with Gasteiger partial charge in [0.15, 0.2) is 0 Å². The van der Waals surface area contributed by atoms with E-state index in [9.17, 15) is 18.8 Å². The van der Waals surface area contributed by atoms with Crippen LogP contribution in [0.25, 0.3) is 0 Å². The highest BCUT2D eigenvalue weighted by atomic mass is 19.1. The van der Waals surface area contributed by atoms with E-state index in [1.165, 1.54) is 24.3 Å². The molecular formula is C20H26FN3O3. The maximum Gasteiger partial charge on any atom is 0.325 e. The van der Waals surface area contributed by atoms with Crippen LogP contribution in [0.1, 0.15) is 51.5 Å². The summed E-state index contributed by atoms with van der Waals surface area (Å²) < 4.78 is 13.2. The van der Waals surface area contributed by atoms with Crippen molar-refractivity contribution in [2.24, 2.45) is 5.92 Å². The number of rotatable bonds is 5. The van der Waals surface area contributed by atoms with Crippen molar-refractivity contribution in [3.05, 3.63) is 35.6 Å². The van der Waals surface area contributed by atoms with Crippen molar-refractivity contribution in [1.82, 2.24) is 15.5 Å². The first-order chi connectivity index (χ1) is 12.9. The number of amides is 4. The SMILES string of the molecule is CCC1(c2ccc(F)cc2)NC(=O)N(CC(=O)NC2CCCCC2C)C1=O. The van der Waals surface area contributed by atoms with Crippen LogP contribution in [0.2, 0.25) is 0 Å². The molecule has 1 aromatic carbocycles. The molecule has 2 aliphatic rings. The van der Waals surface area contributed by atoms with Crippen molar-refractivity contribution in [2.45, 2.75) is 57.5 Å². The molecule has 1 aliphatic carbocycles. The summed E-state index contributed by atoms with van der Waals surface area (Å²) in [7, 11) is 0. The van der Waals surface area contributed by atoms with E-state index in [-0.39, 0.29) is 18.5 Å². The van der Waals surface area contributed by atoms with Gasteiger partial charge in [0.25, 0.3) is 5.91 Å². The highest BCUT2D eigenvalue weighted by Gasteiger charge is 2.51. The van der Waals surface area contributed by atoms with Crippen LogP contribution in [0.3, 0.4) is 0 Å². The zero-order chi connectivity index (χ0) is 19.6. The average Bonchev–Trinajstić information content (AvgIpc) is 2.89. The molecule has 0 radical (unpaired) electrons. The first kappa shape index (κ1) is 19.3. The second-order valence-electron chi connectivity index (χ2n) is 7.52. The number of carbonyl (C=O) groups excluding carboxylic acids is 3. The van der Waals surface area contributed by atoms with E-state index >= 15 is 0 Å². The van der Waals surface area contributed by atoms with Crippen LogP contribution in [-0.2, 0) is 15.1 Å². The number of benzene rings is 1. The molecule has 1 aromatic rings. The van der Waals surface area contributed by atoms with Crippen LogP contribution >= 0.6 is 0 Å². The average molecular weight is 375 g/mol. The van der Waals surface area contributed by atoms with Crippen LogP contribution in [0.4, 0.5) is 9.18 Å².